The predicted octanol–water partition coefficient (Wildman–Crippen LogP) is -0.484. The Morgan fingerprint density at radius 1 is 0.545 bits per heavy atom. The minimum absolute atomic E-state index is 0. The van der Waals surface area contributed by atoms with Gasteiger partial charge in [0.05, 0.1) is 0 Å². The molecule has 6 nitrogen and oxygen atoms in total. The van der Waals surface area contributed by atoms with Crippen LogP contribution in [0, 0.1) is 0 Å². The SMILES string of the molecule is CC(=O)/C=C(/C)[O-].CC(=O)/C=C(\C)[O-].CC(=O)/C=C(\C)[O-].[Fe+3]. The molecule has 0 spiro atoms. The van der Waals surface area contributed by atoms with Crippen molar-refractivity contribution in [2.75, 3.05) is 0 Å². The summed E-state index contributed by atoms with van der Waals surface area (Å²) in [7, 11) is 0. The van der Waals surface area contributed by atoms with Crippen molar-refractivity contribution in [2.24, 2.45) is 0 Å². The van der Waals surface area contributed by atoms with Crippen LogP contribution in [0.1, 0.15) is 41.5 Å². The van der Waals surface area contributed by atoms with Crippen LogP contribution < -0.4 is 15.3 Å². The van der Waals surface area contributed by atoms with E-state index in [0.717, 1.165) is 18.2 Å². The van der Waals surface area contributed by atoms with E-state index in [-0.39, 0.29) is 51.7 Å². The second-order valence-corrected chi connectivity index (χ2v) is 4.10. The van der Waals surface area contributed by atoms with Gasteiger partial charge in [-0.25, -0.2) is 0 Å². The summed E-state index contributed by atoms with van der Waals surface area (Å²) in [5, 5.41) is 29.9. The van der Waals surface area contributed by atoms with Crippen molar-refractivity contribution in [1.29, 1.82) is 0 Å². The Kier molecular flexibility index (Phi) is 22.2. The van der Waals surface area contributed by atoms with Crippen molar-refractivity contribution >= 4 is 17.3 Å². The van der Waals surface area contributed by atoms with Crippen LogP contribution in [0.4, 0.5) is 0 Å². The van der Waals surface area contributed by atoms with E-state index in [9.17, 15) is 29.7 Å². The first kappa shape index (κ1) is 28.3. The van der Waals surface area contributed by atoms with Gasteiger partial charge in [0.1, 0.15) is 0 Å². The van der Waals surface area contributed by atoms with Gasteiger partial charge in [-0.2, -0.15) is 0 Å². The summed E-state index contributed by atoms with van der Waals surface area (Å²) in [4.78, 5) is 29.9. The predicted molar refractivity (Wildman–Crippen MR) is 73.3 cm³/mol. The number of hydrogen-bond acceptors (Lipinski definition) is 6. The zero-order valence-corrected chi connectivity index (χ0v) is 14.6. The van der Waals surface area contributed by atoms with Crippen LogP contribution in [0.3, 0.4) is 0 Å². The molecule has 0 bridgehead atoms. The van der Waals surface area contributed by atoms with E-state index in [1.54, 1.807) is 0 Å². The average molecular weight is 353 g/mol. The Hall–Kier alpha value is -1.85. The van der Waals surface area contributed by atoms with Gasteiger partial charge in [0.25, 0.3) is 0 Å². The molecule has 0 aliphatic heterocycles. The zero-order chi connectivity index (χ0) is 17.6. The van der Waals surface area contributed by atoms with E-state index in [4.69, 9.17) is 0 Å². The standard InChI is InChI=1S/3C5H8O2.Fe/c3*1-4(6)3-5(2)7;/h3*3,6H,1-2H3;/q;;;+3/p-3/b2*4-3+;4-3-;. The largest absolute Gasteiger partial charge is 3.00 e. The molecule has 0 aliphatic rings. The maximum Gasteiger partial charge on any atom is 3.00 e. The number of rotatable bonds is 3. The van der Waals surface area contributed by atoms with Crippen molar-refractivity contribution in [3.05, 3.63) is 35.5 Å². The fourth-order valence-electron chi connectivity index (χ4n) is 0.859. The molecular weight excluding hydrogens is 332 g/mol. The second-order valence-electron chi connectivity index (χ2n) is 4.10. The van der Waals surface area contributed by atoms with Crippen LogP contribution in [-0.4, -0.2) is 17.3 Å². The molecule has 0 aromatic rings. The van der Waals surface area contributed by atoms with Gasteiger partial charge < -0.3 is 15.3 Å². The summed E-state index contributed by atoms with van der Waals surface area (Å²) in [5.74, 6) is -1.12. The normalized spacial score (nSPS) is 10.9. The van der Waals surface area contributed by atoms with Gasteiger partial charge in [-0.3, -0.25) is 14.4 Å². The van der Waals surface area contributed by atoms with Crippen molar-refractivity contribution in [3.8, 4) is 0 Å². The first-order chi connectivity index (χ1) is 9.38. The molecule has 0 fully saturated rings. The van der Waals surface area contributed by atoms with E-state index in [0.29, 0.717) is 0 Å². The summed E-state index contributed by atoms with van der Waals surface area (Å²) in [6.07, 6.45) is 3.17. The van der Waals surface area contributed by atoms with Gasteiger partial charge in [-0.1, -0.05) is 20.8 Å². The van der Waals surface area contributed by atoms with Crippen molar-refractivity contribution < 1.29 is 46.8 Å². The fraction of sp³-hybridized carbons (Fsp3) is 0.400. The molecule has 0 saturated carbocycles. The van der Waals surface area contributed by atoms with Gasteiger partial charge in [0.2, 0.25) is 0 Å². The van der Waals surface area contributed by atoms with Gasteiger partial charge in [0.15, 0.2) is 17.3 Å². The average Bonchev–Trinajstić information content (AvgIpc) is 2.10. The Labute approximate surface area is 141 Å². The number of carbonyl (C=O) groups excluding carboxylic acids is 3. The summed E-state index contributed by atoms with van der Waals surface area (Å²) in [5.41, 5.74) is 0. The van der Waals surface area contributed by atoms with E-state index in [1.165, 1.54) is 41.5 Å². The molecule has 0 aromatic carbocycles. The molecule has 0 aromatic heterocycles. The third-order valence-corrected chi connectivity index (χ3v) is 1.22. The molecule has 1 radical (unpaired) electrons. The second kappa shape index (κ2) is 17.2. The first-order valence-electron chi connectivity index (χ1n) is 5.96. The number of carbonyl (C=O) groups is 3. The summed E-state index contributed by atoms with van der Waals surface area (Å²) >= 11 is 0. The number of ketones is 3. The van der Waals surface area contributed by atoms with Crippen LogP contribution >= 0.6 is 0 Å². The summed E-state index contributed by atoms with van der Waals surface area (Å²) in [6.45, 7) is 8.09. The quantitative estimate of drug-likeness (QED) is 0.384. The number of hydrogen-bond donors (Lipinski definition) is 0. The maximum absolute atomic E-state index is 9.98. The molecule has 0 aliphatic carbocycles. The molecule has 125 valence electrons. The Morgan fingerprint density at radius 2 is 0.682 bits per heavy atom. The molecule has 0 unspecified atom stereocenters. The Balaban J connectivity index is -0.000000108. The smallest absolute Gasteiger partial charge is 0.876 e. The van der Waals surface area contributed by atoms with E-state index >= 15 is 0 Å². The summed E-state index contributed by atoms with van der Waals surface area (Å²) in [6, 6.07) is 0. The van der Waals surface area contributed by atoms with E-state index < -0.39 is 0 Å². The van der Waals surface area contributed by atoms with E-state index in [1.807, 2.05) is 0 Å². The molecular formula is C15H21FeO6. The van der Waals surface area contributed by atoms with Gasteiger partial charge in [-0.15, -0.1) is 17.3 Å². The monoisotopic (exact) mass is 353 g/mol. The molecule has 0 N–H and O–H groups in total. The molecule has 0 amide bonds. The molecule has 0 atom stereocenters. The van der Waals surface area contributed by atoms with Crippen molar-refractivity contribution in [1.82, 2.24) is 0 Å². The van der Waals surface area contributed by atoms with Crippen LogP contribution in [-0.2, 0) is 31.5 Å². The van der Waals surface area contributed by atoms with Crippen LogP contribution in [0.2, 0.25) is 0 Å². The molecule has 0 saturated heterocycles. The molecule has 22 heavy (non-hydrogen) atoms. The Bertz CT molecular complexity index is 368. The maximum atomic E-state index is 9.98. The molecule has 0 rings (SSSR count). The topological polar surface area (TPSA) is 120 Å². The Morgan fingerprint density at radius 3 is 0.682 bits per heavy atom. The third-order valence-electron chi connectivity index (χ3n) is 1.22. The first-order valence-corrected chi connectivity index (χ1v) is 5.96. The van der Waals surface area contributed by atoms with Crippen molar-refractivity contribution in [2.45, 2.75) is 41.5 Å². The minimum atomic E-state index is -0.187. The fourth-order valence-corrected chi connectivity index (χ4v) is 0.859. The van der Waals surface area contributed by atoms with Gasteiger partial charge >= 0.3 is 17.1 Å². The third kappa shape index (κ3) is 51.8. The zero-order valence-electron chi connectivity index (χ0n) is 13.5. The van der Waals surface area contributed by atoms with Gasteiger partial charge in [0, 0.05) is 0 Å². The van der Waals surface area contributed by atoms with Crippen LogP contribution in [0.5, 0.6) is 0 Å². The van der Waals surface area contributed by atoms with Crippen LogP contribution in [0.15, 0.2) is 35.5 Å². The molecule has 7 heteroatoms. The number of allylic oxidation sites excluding steroid dienone is 6. The van der Waals surface area contributed by atoms with Gasteiger partial charge in [-0.05, 0) is 39.0 Å². The van der Waals surface area contributed by atoms with Crippen molar-refractivity contribution in [3.63, 3.8) is 0 Å². The summed E-state index contributed by atoms with van der Waals surface area (Å²) < 4.78 is 0. The minimum Gasteiger partial charge on any atom is -0.876 e. The van der Waals surface area contributed by atoms with E-state index in [2.05, 4.69) is 0 Å². The molecule has 0 heterocycles. The van der Waals surface area contributed by atoms with Crippen LogP contribution in [0.25, 0.3) is 0 Å².